The predicted molar refractivity (Wildman–Crippen MR) is 86.5 cm³/mol. The summed E-state index contributed by atoms with van der Waals surface area (Å²) < 4.78 is 53.2. The summed E-state index contributed by atoms with van der Waals surface area (Å²) in [6, 6.07) is 6.10. The third kappa shape index (κ3) is 3.73. The summed E-state index contributed by atoms with van der Waals surface area (Å²) in [6.07, 6.45) is -0.831. The fourth-order valence-corrected chi connectivity index (χ4v) is 2.95. The van der Waals surface area contributed by atoms with Crippen LogP contribution in [0.4, 0.5) is 17.6 Å². The van der Waals surface area contributed by atoms with Crippen LogP contribution in [0, 0.1) is 5.82 Å². The van der Waals surface area contributed by atoms with Crippen molar-refractivity contribution >= 4 is 5.91 Å². The van der Waals surface area contributed by atoms with Crippen molar-refractivity contribution in [2.24, 2.45) is 0 Å². The summed E-state index contributed by atoms with van der Waals surface area (Å²) in [4.78, 5) is 14.5. The first-order chi connectivity index (χ1) is 12.3. The van der Waals surface area contributed by atoms with Gasteiger partial charge in [-0.1, -0.05) is 18.2 Å². The third-order valence-corrected chi connectivity index (χ3v) is 4.75. The highest BCUT2D eigenvalue weighted by Crippen LogP contribution is 2.30. The van der Waals surface area contributed by atoms with Crippen LogP contribution < -0.4 is 0 Å². The Balaban J connectivity index is 1.81. The molecule has 4 nitrogen and oxygen atoms in total. The van der Waals surface area contributed by atoms with Crippen LogP contribution in [0.25, 0.3) is 0 Å². The monoisotopic (exact) mass is 369 g/mol. The van der Waals surface area contributed by atoms with Crippen molar-refractivity contribution in [1.29, 1.82) is 0 Å². The van der Waals surface area contributed by atoms with Gasteiger partial charge in [-0.3, -0.25) is 9.48 Å². The van der Waals surface area contributed by atoms with Crippen molar-refractivity contribution in [3.63, 3.8) is 0 Å². The van der Waals surface area contributed by atoms with E-state index in [-0.39, 0.29) is 18.5 Å². The number of halogens is 4. The molecule has 8 heteroatoms. The Hall–Kier alpha value is -2.38. The molecule has 1 aromatic carbocycles. The predicted octanol–water partition coefficient (Wildman–Crippen LogP) is 4.18. The molecule has 1 atom stereocenters. The number of benzene rings is 1. The van der Waals surface area contributed by atoms with Crippen molar-refractivity contribution in [1.82, 2.24) is 14.7 Å². The van der Waals surface area contributed by atoms with E-state index < -0.39 is 23.7 Å². The van der Waals surface area contributed by atoms with Gasteiger partial charge in [-0.25, -0.2) is 4.39 Å². The Bertz CT molecular complexity index is 783. The molecule has 0 N–H and O–H groups in total. The summed E-state index contributed by atoms with van der Waals surface area (Å²) in [5.41, 5.74) is -0.655. The zero-order chi connectivity index (χ0) is 18.9. The van der Waals surface area contributed by atoms with Gasteiger partial charge in [0.25, 0.3) is 0 Å². The molecule has 1 aliphatic carbocycles. The molecule has 0 spiro atoms. The number of hydrogen-bond acceptors (Lipinski definition) is 2. The van der Waals surface area contributed by atoms with Crippen molar-refractivity contribution in [3.8, 4) is 0 Å². The summed E-state index contributed by atoms with van der Waals surface area (Å²) >= 11 is 0. The van der Waals surface area contributed by atoms with Crippen LogP contribution in [0.1, 0.15) is 43.5 Å². The second-order valence-corrected chi connectivity index (χ2v) is 6.50. The number of carbonyl (C=O) groups excluding carboxylic acids is 1. The summed E-state index contributed by atoms with van der Waals surface area (Å²) in [7, 11) is 0. The van der Waals surface area contributed by atoms with E-state index in [1.165, 1.54) is 13.0 Å². The van der Waals surface area contributed by atoms with Gasteiger partial charge in [-0.05, 0) is 38.3 Å². The normalized spacial score (nSPS) is 16.2. The van der Waals surface area contributed by atoms with Crippen LogP contribution in [0.3, 0.4) is 0 Å². The van der Waals surface area contributed by atoms with Crippen LogP contribution in [0.5, 0.6) is 0 Å². The average molecular weight is 369 g/mol. The molecule has 1 heterocycles. The van der Waals surface area contributed by atoms with Crippen LogP contribution in [-0.2, 0) is 17.5 Å². The highest BCUT2D eigenvalue weighted by Gasteiger charge is 2.36. The lowest BCUT2D eigenvalue weighted by Gasteiger charge is -2.39. The molecule has 0 bridgehead atoms. The minimum absolute atomic E-state index is 0.0257. The molecular formula is C18H19F4N3O. The first-order valence-electron chi connectivity index (χ1n) is 8.43. The lowest BCUT2D eigenvalue weighted by atomic mass is 9.90. The van der Waals surface area contributed by atoms with Gasteiger partial charge in [-0.2, -0.15) is 18.3 Å². The molecule has 3 rings (SSSR count). The maximum Gasteiger partial charge on any atom is 0.435 e. The molecule has 1 aromatic heterocycles. The number of carbonyl (C=O) groups is 1. The zero-order valence-electron chi connectivity index (χ0n) is 14.2. The second kappa shape index (κ2) is 7.09. The van der Waals surface area contributed by atoms with Gasteiger partial charge in [0, 0.05) is 24.3 Å². The van der Waals surface area contributed by atoms with Crippen molar-refractivity contribution in [2.45, 2.75) is 51.0 Å². The maximum absolute atomic E-state index is 14.0. The molecule has 26 heavy (non-hydrogen) atoms. The van der Waals surface area contributed by atoms with E-state index in [1.807, 2.05) is 0 Å². The number of hydrogen-bond donors (Lipinski definition) is 0. The molecule has 0 aliphatic heterocycles. The molecule has 1 unspecified atom stereocenters. The minimum Gasteiger partial charge on any atom is -0.333 e. The number of aromatic nitrogens is 2. The first-order valence-corrected chi connectivity index (χ1v) is 8.43. The average Bonchev–Trinajstić information content (AvgIpc) is 3.03. The van der Waals surface area contributed by atoms with E-state index in [0.29, 0.717) is 5.56 Å². The van der Waals surface area contributed by atoms with Crippen LogP contribution in [-0.4, -0.2) is 26.6 Å². The highest BCUT2D eigenvalue weighted by atomic mass is 19.4. The zero-order valence-corrected chi connectivity index (χ0v) is 14.2. The fourth-order valence-electron chi connectivity index (χ4n) is 2.95. The quantitative estimate of drug-likeness (QED) is 0.742. The summed E-state index contributed by atoms with van der Waals surface area (Å²) in [5, 5.41) is 3.48. The van der Waals surface area contributed by atoms with Crippen molar-refractivity contribution < 1.29 is 22.4 Å². The highest BCUT2D eigenvalue weighted by molar-refractivity contribution is 5.80. The Kier molecular flexibility index (Phi) is 5.02. The van der Waals surface area contributed by atoms with Gasteiger partial charge >= 0.3 is 6.18 Å². The molecular weight excluding hydrogens is 350 g/mol. The topological polar surface area (TPSA) is 38.1 Å². The number of amides is 1. The number of nitrogens with zero attached hydrogens (tertiary/aromatic N) is 3. The van der Waals surface area contributed by atoms with Gasteiger partial charge < -0.3 is 4.90 Å². The van der Waals surface area contributed by atoms with E-state index in [9.17, 15) is 22.4 Å². The van der Waals surface area contributed by atoms with E-state index in [1.54, 1.807) is 23.1 Å². The van der Waals surface area contributed by atoms with Gasteiger partial charge in [0.15, 0.2) is 5.69 Å². The molecule has 0 radical (unpaired) electrons. The molecule has 1 aliphatic rings. The van der Waals surface area contributed by atoms with Gasteiger partial charge in [0.05, 0.1) is 0 Å². The van der Waals surface area contributed by atoms with Gasteiger partial charge in [-0.15, -0.1) is 0 Å². The van der Waals surface area contributed by atoms with E-state index in [0.717, 1.165) is 36.2 Å². The van der Waals surface area contributed by atoms with Gasteiger partial charge in [0.2, 0.25) is 5.91 Å². The van der Waals surface area contributed by atoms with Crippen LogP contribution in [0.15, 0.2) is 36.5 Å². The molecule has 140 valence electrons. The molecule has 0 saturated heterocycles. The fraction of sp³-hybridized carbons (Fsp3) is 0.444. The van der Waals surface area contributed by atoms with E-state index in [2.05, 4.69) is 5.10 Å². The molecule has 1 fully saturated rings. The Labute approximate surface area is 148 Å². The standard InChI is InChI=1S/C18H19F4N3O/c1-12(25-10-9-16(23-25)18(20,21)22)17(26)24(14-6-4-7-14)11-13-5-2-3-8-15(13)19/h2-3,5,8-10,12,14H,4,6-7,11H2,1H3. The van der Waals surface area contributed by atoms with E-state index in [4.69, 9.17) is 0 Å². The summed E-state index contributed by atoms with van der Waals surface area (Å²) in [5.74, 6) is -0.773. The SMILES string of the molecule is CC(C(=O)N(Cc1ccccc1F)C1CCC1)n1ccc(C(F)(F)F)n1. The largest absolute Gasteiger partial charge is 0.435 e. The Morgan fingerprint density at radius 3 is 2.54 bits per heavy atom. The minimum atomic E-state index is -4.56. The summed E-state index contributed by atoms with van der Waals surface area (Å²) in [6.45, 7) is 1.59. The molecule has 1 amide bonds. The Morgan fingerprint density at radius 2 is 2.00 bits per heavy atom. The smallest absolute Gasteiger partial charge is 0.333 e. The maximum atomic E-state index is 14.0. The molecule has 2 aromatic rings. The number of alkyl halides is 3. The first kappa shape index (κ1) is 18.4. The van der Waals surface area contributed by atoms with Gasteiger partial charge in [0.1, 0.15) is 11.9 Å². The lowest BCUT2D eigenvalue weighted by molar-refractivity contribution is -0.143. The third-order valence-electron chi connectivity index (χ3n) is 4.75. The van der Waals surface area contributed by atoms with E-state index >= 15 is 0 Å². The number of rotatable bonds is 5. The van der Waals surface area contributed by atoms with Crippen LogP contribution in [0.2, 0.25) is 0 Å². The van der Waals surface area contributed by atoms with Crippen molar-refractivity contribution in [2.75, 3.05) is 0 Å². The van der Waals surface area contributed by atoms with Crippen LogP contribution >= 0.6 is 0 Å². The van der Waals surface area contributed by atoms with Crippen molar-refractivity contribution in [3.05, 3.63) is 53.6 Å². The second-order valence-electron chi connectivity index (χ2n) is 6.50. The Morgan fingerprint density at radius 1 is 1.31 bits per heavy atom. The molecule has 1 saturated carbocycles. The lowest BCUT2D eigenvalue weighted by Crippen LogP contribution is -2.46.